The lowest BCUT2D eigenvalue weighted by Crippen LogP contribution is -2.59. The number of nitrogens with one attached hydrogen (secondary N) is 1. The number of hydrogen-bond acceptors (Lipinski definition) is 5. The third kappa shape index (κ3) is 4.79. The highest BCUT2D eigenvalue weighted by atomic mass is 16.5. The number of piperazine rings is 1. The molecule has 170 valence electrons. The molecular formula is C25H32N4O3. The first-order valence-electron chi connectivity index (χ1n) is 11.3. The smallest absolute Gasteiger partial charge is 0.254 e. The van der Waals surface area contributed by atoms with Crippen molar-refractivity contribution in [2.75, 3.05) is 57.9 Å². The zero-order valence-electron chi connectivity index (χ0n) is 18.9. The molecule has 2 heterocycles. The first-order valence-corrected chi connectivity index (χ1v) is 11.3. The van der Waals surface area contributed by atoms with Crippen LogP contribution in [0.4, 0.5) is 5.69 Å². The lowest BCUT2D eigenvalue weighted by molar-refractivity contribution is -0.128. The average molecular weight is 437 g/mol. The first-order chi connectivity index (χ1) is 15.6. The Morgan fingerprint density at radius 2 is 1.75 bits per heavy atom. The molecule has 2 aliphatic heterocycles. The van der Waals surface area contributed by atoms with E-state index in [2.05, 4.69) is 33.3 Å². The largest absolute Gasteiger partial charge is 0.378 e. The van der Waals surface area contributed by atoms with E-state index in [0.717, 1.165) is 29.9 Å². The summed E-state index contributed by atoms with van der Waals surface area (Å²) in [4.78, 5) is 32.5. The van der Waals surface area contributed by atoms with E-state index in [0.29, 0.717) is 45.0 Å². The van der Waals surface area contributed by atoms with Gasteiger partial charge in [0.1, 0.15) is 6.04 Å². The van der Waals surface area contributed by atoms with Crippen molar-refractivity contribution in [2.45, 2.75) is 19.5 Å². The van der Waals surface area contributed by atoms with Crippen molar-refractivity contribution >= 4 is 17.5 Å². The van der Waals surface area contributed by atoms with Crippen molar-refractivity contribution in [3.8, 4) is 0 Å². The van der Waals surface area contributed by atoms with E-state index in [1.165, 1.54) is 0 Å². The summed E-state index contributed by atoms with van der Waals surface area (Å²) in [5.74, 6) is -0.0666. The molecule has 0 bridgehead atoms. The molecule has 2 aliphatic rings. The zero-order chi connectivity index (χ0) is 22.5. The van der Waals surface area contributed by atoms with Gasteiger partial charge in [-0.3, -0.25) is 14.5 Å². The molecule has 0 unspecified atom stereocenters. The second-order valence-electron chi connectivity index (χ2n) is 8.39. The van der Waals surface area contributed by atoms with E-state index in [1.807, 2.05) is 42.2 Å². The van der Waals surface area contributed by atoms with Gasteiger partial charge in [-0.15, -0.1) is 0 Å². The van der Waals surface area contributed by atoms with Crippen LogP contribution in [0.5, 0.6) is 0 Å². The van der Waals surface area contributed by atoms with Gasteiger partial charge in [0.05, 0.1) is 13.2 Å². The number of morpholine rings is 1. The van der Waals surface area contributed by atoms with E-state index in [-0.39, 0.29) is 17.9 Å². The van der Waals surface area contributed by atoms with E-state index in [1.54, 1.807) is 7.05 Å². The number of benzene rings is 2. The van der Waals surface area contributed by atoms with Crippen LogP contribution in [0.2, 0.25) is 0 Å². The van der Waals surface area contributed by atoms with Crippen molar-refractivity contribution in [2.24, 2.45) is 0 Å². The molecule has 1 N–H and O–H groups in total. The minimum absolute atomic E-state index is 0.00845. The Labute approximate surface area is 189 Å². The number of rotatable bonds is 5. The summed E-state index contributed by atoms with van der Waals surface area (Å²) in [6.45, 7) is 7.40. The van der Waals surface area contributed by atoms with E-state index < -0.39 is 0 Å². The highest BCUT2D eigenvalue weighted by Gasteiger charge is 2.34. The summed E-state index contributed by atoms with van der Waals surface area (Å²) < 4.78 is 5.47. The van der Waals surface area contributed by atoms with Gasteiger partial charge >= 0.3 is 0 Å². The molecule has 2 aromatic carbocycles. The highest BCUT2D eigenvalue weighted by Crippen LogP contribution is 2.26. The Morgan fingerprint density at radius 1 is 1.00 bits per heavy atom. The quantitative estimate of drug-likeness (QED) is 0.776. The maximum absolute atomic E-state index is 13.5. The van der Waals surface area contributed by atoms with E-state index in [4.69, 9.17) is 4.74 Å². The van der Waals surface area contributed by atoms with Crippen molar-refractivity contribution < 1.29 is 14.3 Å². The molecule has 0 radical (unpaired) electrons. The van der Waals surface area contributed by atoms with E-state index >= 15 is 0 Å². The zero-order valence-corrected chi connectivity index (χ0v) is 18.9. The third-order valence-corrected chi connectivity index (χ3v) is 6.44. The molecule has 2 fully saturated rings. The molecule has 7 heteroatoms. The molecule has 2 amide bonds. The molecule has 2 aromatic rings. The van der Waals surface area contributed by atoms with Crippen LogP contribution in [0.25, 0.3) is 0 Å². The monoisotopic (exact) mass is 436 g/mol. The van der Waals surface area contributed by atoms with Crippen molar-refractivity contribution in [1.29, 1.82) is 0 Å². The van der Waals surface area contributed by atoms with Crippen LogP contribution >= 0.6 is 0 Å². The number of carbonyl (C=O) groups excluding carboxylic acids is 2. The van der Waals surface area contributed by atoms with E-state index in [9.17, 15) is 9.59 Å². The minimum Gasteiger partial charge on any atom is -0.378 e. The van der Waals surface area contributed by atoms with Crippen LogP contribution in [-0.2, 0) is 16.1 Å². The Hall–Kier alpha value is -2.90. The molecule has 4 rings (SSSR count). The Morgan fingerprint density at radius 3 is 2.47 bits per heavy atom. The van der Waals surface area contributed by atoms with Gasteiger partial charge in [0, 0.05) is 57.6 Å². The summed E-state index contributed by atoms with van der Waals surface area (Å²) >= 11 is 0. The molecule has 0 spiro atoms. The number of amides is 2. The predicted octanol–water partition coefficient (Wildman–Crippen LogP) is 1.90. The SMILES string of the molecule is CNC(=O)[C@@H]1CN(C(=O)c2cccc(N3CCOCC3)c2C)CCN1Cc1ccccc1. The molecule has 7 nitrogen and oxygen atoms in total. The Bertz CT molecular complexity index is 943. The normalized spacial score (nSPS) is 19.6. The average Bonchev–Trinajstić information content (AvgIpc) is 2.84. The maximum atomic E-state index is 13.5. The molecule has 0 aromatic heterocycles. The van der Waals surface area contributed by atoms with Crippen LogP contribution in [0, 0.1) is 6.92 Å². The summed E-state index contributed by atoms with van der Waals surface area (Å²) in [7, 11) is 1.65. The van der Waals surface area contributed by atoms with Crippen LogP contribution in [-0.4, -0.2) is 80.6 Å². The second-order valence-corrected chi connectivity index (χ2v) is 8.39. The third-order valence-electron chi connectivity index (χ3n) is 6.44. The van der Waals surface area contributed by atoms with Crippen LogP contribution in [0.3, 0.4) is 0 Å². The Balaban J connectivity index is 1.51. The Kier molecular flexibility index (Phi) is 7.07. The number of nitrogens with zero attached hydrogens (tertiary/aromatic N) is 3. The van der Waals surface area contributed by atoms with Gasteiger partial charge in [0.15, 0.2) is 0 Å². The number of carbonyl (C=O) groups is 2. The second kappa shape index (κ2) is 10.1. The highest BCUT2D eigenvalue weighted by molar-refractivity contribution is 5.97. The lowest BCUT2D eigenvalue weighted by atomic mass is 10.0. The summed E-state index contributed by atoms with van der Waals surface area (Å²) in [6.07, 6.45) is 0. The fourth-order valence-corrected chi connectivity index (χ4v) is 4.60. The van der Waals surface area contributed by atoms with Gasteiger partial charge in [-0.05, 0) is 30.2 Å². The molecule has 1 atom stereocenters. The van der Waals surface area contributed by atoms with Crippen molar-refractivity contribution in [3.05, 3.63) is 65.2 Å². The van der Waals surface area contributed by atoms with Crippen molar-refractivity contribution in [1.82, 2.24) is 15.1 Å². The van der Waals surface area contributed by atoms with Gasteiger partial charge in [0.25, 0.3) is 5.91 Å². The fourth-order valence-electron chi connectivity index (χ4n) is 4.60. The number of anilines is 1. The standard InChI is InChI=1S/C25H32N4O3/c1-19-21(9-6-10-22(19)27-13-15-32-16-14-27)25(31)29-12-11-28(23(18-29)24(30)26-2)17-20-7-4-3-5-8-20/h3-10,23H,11-18H2,1-2H3,(H,26,30)/t23-/m0/s1. The number of hydrogen-bond donors (Lipinski definition) is 1. The van der Waals surface area contributed by atoms with Crippen molar-refractivity contribution in [3.63, 3.8) is 0 Å². The van der Waals surface area contributed by atoms with Crippen LogP contribution in [0.15, 0.2) is 48.5 Å². The van der Waals surface area contributed by atoms with Gasteiger partial charge in [-0.2, -0.15) is 0 Å². The van der Waals surface area contributed by atoms with Crippen LogP contribution < -0.4 is 10.2 Å². The predicted molar refractivity (Wildman–Crippen MR) is 125 cm³/mol. The first kappa shape index (κ1) is 22.3. The summed E-state index contributed by atoms with van der Waals surface area (Å²) in [5, 5.41) is 2.78. The van der Waals surface area contributed by atoms with Gasteiger partial charge in [-0.1, -0.05) is 36.4 Å². The molecule has 0 saturated carbocycles. The lowest BCUT2D eigenvalue weighted by Gasteiger charge is -2.40. The van der Waals surface area contributed by atoms with Gasteiger partial charge in [-0.25, -0.2) is 0 Å². The van der Waals surface area contributed by atoms with Gasteiger partial charge in [0.2, 0.25) is 5.91 Å². The number of likely N-dealkylation sites (N-methyl/N-ethyl adjacent to an activating group) is 1. The minimum atomic E-state index is -0.374. The molecular weight excluding hydrogens is 404 g/mol. The maximum Gasteiger partial charge on any atom is 0.254 e. The molecule has 0 aliphatic carbocycles. The van der Waals surface area contributed by atoms with Crippen LogP contribution in [0.1, 0.15) is 21.5 Å². The fraction of sp³-hybridized carbons (Fsp3) is 0.440. The summed E-state index contributed by atoms with van der Waals surface area (Å²) in [5.41, 5.74) is 3.95. The topological polar surface area (TPSA) is 65.1 Å². The molecule has 32 heavy (non-hydrogen) atoms. The van der Waals surface area contributed by atoms with Gasteiger partial charge < -0.3 is 19.9 Å². The summed E-state index contributed by atoms with van der Waals surface area (Å²) in [6, 6.07) is 15.7. The number of ether oxygens (including phenoxy) is 1. The molecule has 2 saturated heterocycles.